The van der Waals surface area contributed by atoms with E-state index in [1.54, 1.807) is 7.11 Å². The van der Waals surface area contributed by atoms with Gasteiger partial charge in [0.25, 0.3) is 0 Å². The molecule has 0 fully saturated rings. The third kappa shape index (κ3) is 2.50. The van der Waals surface area contributed by atoms with Crippen LogP contribution in [0.2, 0.25) is 0 Å². The first-order valence-electron chi connectivity index (χ1n) is 6.47. The number of ether oxygens (including phenoxy) is 2. The molecule has 3 heteroatoms. The van der Waals surface area contributed by atoms with Crippen molar-refractivity contribution < 1.29 is 9.47 Å². The molecule has 3 nitrogen and oxygen atoms in total. The maximum Gasteiger partial charge on any atom is 0.161 e. The van der Waals surface area contributed by atoms with E-state index in [0.717, 1.165) is 17.9 Å². The van der Waals surface area contributed by atoms with E-state index >= 15 is 0 Å². The lowest BCUT2D eigenvalue weighted by Gasteiger charge is -2.14. The molecule has 0 saturated carbocycles. The number of rotatable bonds is 4. The van der Waals surface area contributed by atoms with Gasteiger partial charge in [-0.3, -0.25) is 0 Å². The first-order chi connectivity index (χ1) is 9.36. The van der Waals surface area contributed by atoms with Gasteiger partial charge in [-0.2, -0.15) is 0 Å². The van der Waals surface area contributed by atoms with Crippen molar-refractivity contribution in [2.75, 3.05) is 19.0 Å². The van der Waals surface area contributed by atoms with Gasteiger partial charge < -0.3 is 14.8 Å². The molecule has 19 heavy (non-hydrogen) atoms. The van der Waals surface area contributed by atoms with Crippen molar-refractivity contribution in [3.63, 3.8) is 0 Å². The Bertz CT molecular complexity index is 543. The van der Waals surface area contributed by atoms with Crippen molar-refractivity contribution in [3.8, 4) is 11.5 Å². The summed E-state index contributed by atoms with van der Waals surface area (Å²) in [6.07, 6.45) is 1.01. The number of hydrogen-bond donors (Lipinski definition) is 1. The van der Waals surface area contributed by atoms with E-state index < -0.39 is 0 Å². The third-order valence-electron chi connectivity index (χ3n) is 3.35. The molecule has 1 heterocycles. The molecule has 2 aromatic carbocycles. The van der Waals surface area contributed by atoms with Crippen molar-refractivity contribution in [2.24, 2.45) is 0 Å². The molecule has 0 spiro atoms. The van der Waals surface area contributed by atoms with Crippen LogP contribution in [0.25, 0.3) is 0 Å². The minimum atomic E-state index is 0.322. The number of anilines is 1. The van der Waals surface area contributed by atoms with E-state index in [-0.39, 0.29) is 0 Å². The zero-order valence-electron chi connectivity index (χ0n) is 10.9. The minimum absolute atomic E-state index is 0.322. The molecule has 1 atom stereocenters. The molecule has 0 bridgehead atoms. The Morgan fingerprint density at radius 1 is 1.05 bits per heavy atom. The second kappa shape index (κ2) is 5.22. The van der Waals surface area contributed by atoms with Crippen LogP contribution in [0.4, 0.5) is 5.69 Å². The lowest BCUT2D eigenvalue weighted by molar-refractivity contribution is 0.280. The van der Waals surface area contributed by atoms with E-state index in [1.165, 1.54) is 11.3 Å². The van der Waals surface area contributed by atoms with E-state index in [2.05, 4.69) is 29.6 Å². The molecular formula is C16H17NO2. The molecule has 0 aliphatic carbocycles. The van der Waals surface area contributed by atoms with Gasteiger partial charge >= 0.3 is 0 Å². The molecule has 0 saturated heterocycles. The predicted octanol–water partition coefficient (Wildman–Crippen LogP) is 3.11. The maximum absolute atomic E-state index is 5.86. The van der Waals surface area contributed by atoms with Crippen LogP contribution in [0.15, 0.2) is 48.5 Å². The first-order valence-corrected chi connectivity index (χ1v) is 6.47. The molecule has 2 aromatic rings. The Hall–Kier alpha value is -2.16. The molecular weight excluding hydrogens is 238 g/mol. The number of benzene rings is 2. The first kappa shape index (κ1) is 11.9. The highest BCUT2D eigenvalue weighted by Gasteiger charge is 2.20. The Kier molecular flexibility index (Phi) is 3.27. The smallest absolute Gasteiger partial charge is 0.161 e. The highest BCUT2D eigenvalue weighted by atomic mass is 16.5. The lowest BCUT2D eigenvalue weighted by atomic mass is 10.1. The normalized spacial score (nSPS) is 16.6. The summed E-state index contributed by atoms with van der Waals surface area (Å²) >= 11 is 0. The van der Waals surface area contributed by atoms with Crippen LogP contribution in [-0.2, 0) is 6.42 Å². The lowest BCUT2D eigenvalue weighted by Crippen LogP contribution is -2.24. The van der Waals surface area contributed by atoms with Crippen LogP contribution in [-0.4, -0.2) is 19.8 Å². The molecule has 3 rings (SSSR count). The van der Waals surface area contributed by atoms with Crippen LogP contribution >= 0.6 is 0 Å². The quantitative estimate of drug-likeness (QED) is 0.910. The summed E-state index contributed by atoms with van der Waals surface area (Å²) in [4.78, 5) is 0. The van der Waals surface area contributed by atoms with Gasteiger partial charge in [-0.15, -0.1) is 0 Å². The van der Waals surface area contributed by atoms with Gasteiger partial charge in [-0.25, -0.2) is 0 Å². The van der Waals surface area contributed by atoms with Gasteiger partial charge in [-0.05, 0) is 30.2 Å². The van der Waals surface area contributed by atoms with Gasteiger partial charge in [0.2, 0.25) is 0 Å². The van der Waals surface area contributed by atoms with Crippen LogP contribution < -0.4 is 14.8 Å². The summed E-state index contributed by atoms with van der Waals surface area (Å²) in [5, 5.41) is 3.48. The zero-order valence-corrected chi connectivity index (χ0v) is 10.9. The summed E-state index contributed by atoms with van der Waals surface area (Å²) < 4.78 is 11.1. The largest absolute Gasteiger partial charge is 0.493 e. The average molecular weight is 255 g/mol. The second-order valence-electron chi connectivity index (χ2n) is 4.66. The molecule has 0 aromatic heterocycles. The topological polar surface area (TPSA) is 30.5 Å². The number of nitrogens with one attached hydrogen (secondary N) is 1. The number of methoxy groups -OCH3 is 1. The fourth-order valence-corrected chi connectivity index (χ4v) is 2.40. The standard InChI is InChI=1S/C16H17NO2/c1-18-15-8-4-5-9-16(15)19-11-13-10-12-6-2-3-7-14(12)17-13/h2-9,13,17H,10-11H2,1H3. The van der Waals surface area contributed by atoms with E-state index in [0.29, 0.717) is 12.6 Å². The molecule has 1 unspecified atom stereocenters. The van der Waals surface area contributed by atoms with Crippen LogP contribution in [0.5, 0.6) is 11.5 Å². The van der Waals surface area contributed by atoms with E-state index in [1.807, 2.05) is 24.3 Å². The SMILES string of the molecule is COc1ccccc1OCC1Cc2ccccc2N1. The van der Waals surface area contributed by atoms with Crippen LogP contribution in [0, 0.1) is 0 Å². The van der Waals surface area contributed by atoms with Crippen molar-refractivity contribution in [1.82, 2.24) is 0 Å². The monoisotopic (exact) mass is 255 g/mol. The summed E-state index contributed by atoms with van der Waals surface area (Å²) in [7, 11) is 1.66. The zero-order chi connectivity index (χ0) is 13.1. The molecule has 1 N–H and O–H groups in total. The number of hydrogen-bond acceptors (Lipinski definition) is 3. The highest BCUT2D eigenvalue weighted by Crippen LogP contribution is 2.28. The fraction of sp³-hybridized carbons (Fsp3) is 0.250. The Morgan fingerprint density at radius 3 is 2.58 bits per heavy atom. The number of fused-ring (bicyclic) bond motifs is 1. The predicted molar refractivity (Wildman–Crippen MR) is 76.0 cm³/mol. The summed E-state index contributed by atoms with van der Waals surface area (Å²) in [5.41, 5.74) is 2.58. The molecule has 1 aliphatic heterocycles. The van der Waals surface area contributed by atoms with E-state index in [4.69, 9.17) is 9.47 Å². The summed E-state index contributed by atoms with van der Waals surface area (Å²) in [6, 6.07) is 16.4. The van der Waals surface area contributed by atoms with Gasteiger partial charge in [0.05, 0.1) is 13.2 Å². The van der Waals surface area contributed by atoms with Crippen LogP contribution in [0.3, 0.4) is 0 Å². The Morgan fingerprint density at radius 2 is 1.79 bits per heavy atom. The van der Waals surface area contributed by atoms with Crippen molar-refractivity contribution in [1.29, 1.82) is 0 Å². The maximum atomic E-state index is 5.86. The number of para-hydroxylation sites is 3. The molecule has 0 amide bonds. The van der Waals surface area contributed by atoms with Gasteiger partial charge in [0.1, 0.15) is 6.61 Å². The molecule has 1 aliphatic rings. The van der Waals surface area contributed by atoms with Gasteiger partial charge in [0.15, 0.2) is 11.5 Å². The van der Waals surface area contributed by atoms with Gasteiger partial charge in [-0.1, -0.05) is 30.3 Å². The van der Waals surface area contributed by atoms with E-state index in [9.17, 15) is 0 Å². The molecule has 0 radical (unpaired) electrons. The Balaban J connectivity index is 1.63. The summed E-state index contributed by atoms with van der Waals surface area (Å²) in [6.45, 7) is 0.634. The Labute approximate surface area is 113 Å². The third-order valence-corrected chi connectivity index (χ3v) is 3.35. The molecule has 98 valence electrons. The van der Waals surface area contributed by atoms with Crippen molar-refractivity contribution in [3.05, 3.63) is 54.1 Å². The fourth-order valence-electron chi connectivity index (χ4n) is 2.40. The average Bonchev–Trinajstić information content (AvgIpc) is 2.88. The van der Waals surface area contributed by atoms with Crippen LogP contribution in [0.1, 0.15) is 5.56 Å². The van der Waals surface area contributed by atoms with Gasteiger partial charge in [0, 0.05) is 5.69 Å². The van der Waals surface area contributed by atoms with Crippen molar-refractivity contribution in [2.45, 2.75) is 12.5 Å². The van der Waals surface area contributed by atoms with Crippen molar-refractivity contribution >= 4 is 5.69 Å². The second-order valence-corrected chi connectivity index (χ2v) is 4.66. The minimum Gasteiger partial charge on any atom is -0.493 e. The highest BCUT2D eigenvalue weighted by molar-refractivity contribution is 5.56. The summed E-state index contributed by atoms with van der Waals surface area (Å²) in [5.74, 6) is 1.57.